The summed E-state index contributed by atoms with van der Waals surface area (Å²) in [5, 5.41) is 5.26. The lowest BCUT2D eigenvalue weighted by atomic mass is 9.95. The van der Waals surface area contributed by atoms with Crippen LogP contribution in [0, 0.1) is 0 Å². The molecule has 5 heteroatoms. The topological polar surface area (TPSA) is 66.5 Å². The number of rotatable bonds is 5. The maximum atomic E-state index is 12.5. The number of para-hydroxylation sites is 1. The van der Waals surface area contributed by atoms with Gasteiger partial charge in [0.25, 0.3) is 5.91 Å². The second-order valence-electron chi connectivity index (χ2n) is 6.72. The van der Waals surface area contributed by atoms with E-state index in [9.17, 15) is 4.79 Å². The zero-order valence-electron chi connectivity index (χ0n) is 15.4. The smallest absolute Gasteiger partial charge is 0.271 e. The van der Waals surface area contributed by atoms with Gasteiger partial charge in [0.2, 0.25) is 0 Å². The molecular weight excluding hydrogens is 338 g/mol. The predicted molar refractivity (Wildman–Crippen MR) is 108 cm³/mol. The third-order valence-corrected chi connectivity index (χ3v) is 4.95. The van der Waals surface area contributed by atoms with Crippen molar-refractivity contribution in [2.45, 2.75) is 32.6 Å². The van der Waals surface area contributed by atoms with Gasteiger partial charge < -0.3 is 9.72 Å². The molecule has 2 aromatic carbocycles. The number of carbonyl (C=O) groups excluding carboxylic acids is 1. The number of amides is 1. The number of ether oxygens (including phenoxy) is 1. The van der Waals surface area contributed by atoms with E-state index in [0.717, 1.165) is 35.1 Å². The van der Waals surface area contributed by atoms with Gasteiger partial charge in [-0.05, 0) is 68.5 Å². The molecule has 1 aliphatic carbocycles. The van der Waals surface area contributed by atoms with Crippen molar-refractivity contribution >= 4 is 23.0 Å². The minimum atomic E-state index is -0.215. The molecule has 1 heterocycles. The largest absolute Gasteiger partial charge is 0.493 e. The number of nitrogens with one attached hydrogen (secondary N) is 2. The number of H-pyrrole nitrogens is 1. The first-order valence-corrected chi connectivity index (χ1v) is 9.45. The van der Waals surface area contributed by atoms with Crippen molar-refractivity contribution in [3.8, 4) is 5.75 Å². The SMILES string of the molecule is CCOc1ccccc1/C=N/NC(=O)c1ccc2[nH]c3c(c2c1)CCCC3. The molecule has 0 unspecified atom stereocenters. The molecule has 0 fully saturated rings. The van der Waals surface area contributed by atoms with Crippen molar-refractivity contribution in [2.75, 3.05) is 6.61 Å². The van der Waals surface area contributed by atoms with Crippen LogP contribution in [0.2, 0.25) is 0 Å². The summed E-state index contributed by atoms with van der Waals surface area (Å²) in [5.74, 6) is 0.533. The number of hydrogen-bond acceptors (Lipinski definition) is 3. The lowest BCUT2D eigenvalue weighted by molar-refractivity contribution is 0.0955. The van der Waals surface area contributed by atoms with Crippen LogP contribution in [0.4, 0.5) is 0 Å². The first-order valence-electron chi connectivity index (χ1n) is 9.45. The second-order valence-corrected chi connectivity index (χ2v) is 6.72. The Balaban J connectivity index is 1.52. The quantitative estimate of drug-likeness (QED) is 0.528. The molecular formula is C22H23N3O2. The van der Waals surface area contributed by atoms with Crippen molar-refractivity contribution in [3.05, 3.63) is 64.8 Å². The summed E-state index contributed by atoms with van der Waals surface area (Å²) in [6.45, 7) is 2.52. The lowest BCUT2D eigenvalue weighted by Gasteiger charge is -2.10. The molecule has 0 bridgehead atoms. The second kappa shape index (κ2) is 7.66. The lowest BCUT2D eigenvalue weighted by Crippen LogP contribution is -2.17. The molecule has 1 aliphatic rings. The van der Waals surface area contributed by atoms with E-state index in [0.29, 0.717) is 12.2 Å². The summed E-state index contributed by atoms with van der Waals surface area (Å²) >= 11 is 0. The number of aromatic nitrogens is 1. The van der Waals surface area contributed by atoms with E-state index < -0.39 is 0 Å². The molecule has 0 spiro atoms. The highest BCUT2D eigenvalue weighted by Gasteiger charge is 2.16. The third-order valence-electron chi connectivity index (χ3n) is 4.95. The van der Waals surface area contributed by atoms with Gasteiger partial charge in [-0.15, -0.1) is 0 Å². The number of hydrogen-bond donors (Lipinski definition) is 2. The van der Waals surface area contributed by atoms with E-state index in [2.05, 4.69) is 15.5 Å². The highest BCUT2D eigenvalue weighted by Crippen LogP contribution is 2.29. The van der Waals surface area contributed by atoms with E-state index in [4.69, 9.17) is 4.74 Å². The monoisotopic (exact) mass is 361 g/mol. The summed E-state index contributed by atoms with van der Waals surface area (Å²) in [4.78, 5) is 16.0. The van der Waals surface area contributed by atoms with Gasteiger partial charge in [0, 0.05) is 27.7 Å². The molecule has 0 radical (unpaired) electrons. The Labute approximate surface area is 158 Å². The highest BCUT2D eigenvalue weighted by atomic mass is 16.5. The number of aryl methyl sites for hydroxylation is 2. The predicted octanol–water partition coefficient (Wildman–Crippen LogP) is 4.21. The van der Waals surface area contributed by atoms with Gasteiger partial charge in [-0.3, -0.25) is 4.79 Å². The number of carbonyl (C=O) groups is 1. The Hall–Kier alpha value is -3.08. The Morgan fingerprint density at radius 2 is 2.07 bits per heavy atom. The maximum Gasteiger partial charge on any atom is 0.271 e. The number of benzene rings is 2. The minimum absolute atomic E-state index is 0.215. The van der Waals surface area contributed by atoms with Crippen LogP contribution < -0.4 is 10.2 Å². The van der Waals surface area contributed by atoms with E-state index >= 15 is 0 Å². The molecule has 138 valence electrons. The molecule has 0 saturated carbocycles. The summed E-state index contributed by atoms with van der Waals surface area (Å²) < 4.78 is 5.56. The first kappa shape index (κ1) is 17.3. The molecule has 1 amide bonds. The normalized spacial score (nSPS) is 13.7. The molecule has 3 aromatic rings. The summed E-state index contributed by atoms with van der Waals surface area (Å²) in [5.41, 5.74) is 7.85. The van der Waals surface area contributed by atoms with Crippen LogP contribution in [0.5, 0.6) is 5.75 Å². The fourth-order valence-corrected chi connectivity index (χ4v) is 3.65. The van der Waals surface area contributed by atoms with Gasteiger partial charge >= 0.3 is 0 Å². The van der Waals surface area contributed by atoms with E-state index in [-0.39, 0.29) is 5.91 Å². The number of nitrogens with zero attached hydrogens (tertiary/aromatic N) is 1. The van der Waals surface area contributed by atoms with Crippen molar-refractivity contribution in [1.29, 1.82) is 0 Å². The minimum Gasteiger partial charge on any atom is -0.493 e. The van der Waals surface area contributed by atoms with Crippen LogP contribution >= 0.6 is 0 Å². The summed E-state index contributed by atoms with van der Waals surface area (Å²) in [6, 6.07) is 13.4. The van der Waals surface area contributed by atoms with Crippen LogP contribution in [-0.2, 0) is 12.8 Å². The Bertz CT molecular complexity index is 1000. The van der Waals surface area contributed by atoms with Crippen LogP contribution in [0.1, 0.15) is 46.9 Å². The van der Waals surface area contributed by atoms with Gasteiger partial charge in [0.1, 0.15) is 5.75 Å². The van der Waals surface area contributed by atoms with Crippen LogP contribution in [-0.4, -0.2) is 23.7 Å². The van der Waals surface area contributed by atoms with E-state index in [1.165, 1.54) is 24.1 Å². The molecule has 27 heavy (non-hydrogen) atoms. The zero-order chi connectivity index (χ0) is 18.6. The van der Waals surface area contributed by atoms with Crippen molar-refractivity contribution in [3.63, 3.8) is 0 Å². The molecule has 2 N–H and O–H groups in total. The third kappa shape index (κ3) is 3.58. The number of hydrazone groups is 1. The maximum absolute atomic E-state index is 12.5. The van der Waals surface area contributed by atoms with Gasteiger partial charge in [-0.1, -0.05) is 12.1 Å². The fraction of sp³-hybridized carbons (Fsp3) is 0.273. The van der Waals surface area contributed by atoms with Crippen molar-refractivity contribution in [1.82, 2.24) is 10.4 Å². The average molecular weight is 361 g/mol. The Kier molecular flexibility index (Phi) is 4.92. The van der Waals surface area contributed by atoms with E-state index in [1.807, 2.05) is 49.4 Å². The number of fused-ring (bicyclic) bond motifs is 3. The molecule has 5 nitrogen and oxygen atoms in total. The highest BCUT2D eigenvalue weighted by molar-refractivity contribution is 5.99. The fourth-order valence-electron chi connectivity index (χ4n) is 3.65. The van der Waals surface area contributed by atoms with Crippen LogP contribution in [0.3, 0.4) is 0 Å². The van der Waals surface area contributed by atoms with Crippen molar-refractivity contribution in [2.24, 2.45) is 5.10 Å². The molecule has 4 rings (SSSR count). The molecule has 0 saturated heterocycles. The van der Waals surface area contributed by atoms with Gasteiger partial charge in [-0.25, -0.2) is 5.43 Å². The van der Waals surface area contributed by atoms with Gasteiger partial charge in [0.15, 0.2) is 0 Å². The van der Waals surface area contributed by atoms with E-state index in [1.54, 1.807) is 6.21 Å². The summed E-state index contributed by atoms with van der Waals surface area (Å²) in [7, 11) is 0. The average Bonchev–Trinajstić information content (AvgIpc) is 3.07. The molecule has 0 atom stereocenters. The summed E-state index contributed by atoms with van der Waals surface area (Å²) in [6.07, 6.45) is 6.21. The zero-order valence-corrected chi connectivity index (χ0v) is 15.4. The first-order chi connectivity index (χ1) is 13.3. The van der Waals surface area contributed by atoms with Gasteiger partial charge in [-0.2, -0.15) is 5.10 Å². The number of aromatic amines is 1. The Morgan fingerprint density at radius 3 is 2.96 bits per heavy atom. The molecule has 0 aliphatic heterocycles. The van der Waals surface area contributed by atoms with Crippen molar-refractivity contribution < 1.29 is 9.53 Å². The Morgan fingerprint density at radius 1 is 1.22 bits per heavy atom. The molecule has 1 aromatic heterocycles. The van der Waals surface area contributed by atoms with Crippen LogP contribution in [0.25, 0.3) is 10.9 Å². The standard InChI is InChI=1S/C22H23N3O2/c1-2-27-21-10-6-3-7-16(21)14-23-25-22(26)15-11-12-20-18(13-15)17-8-4-5-9-19(17)24-20/h3,6-7,10-14,24H,2,4-5,8-9H2,1H3,(H,25,26)/b23-14+. The van der Waals surface area contributed by atoms with Gasteiger partial charge in [0.05, 0.1) is 12.8 Å². The van der Waals surface area contributed by atoms with Crippen LogP contribution in [0.15, 0.2) is 47.6 Å².